The van der Waals surface area contributed by atoms with E-state index in [1.807, 2.05) is 0 Å². The van der Waals surface area contributed by atoms with Gasteiger partial charge in [-0.25, -0.2) is 0 Å². The molecule has 1 nitrogen and oxygen atoms in total. The van der Waals surface area contributed by atoms with E-state index in [-0.39, 0.29) is 0 Å². The van der Waals surface area contributed by atoms with E-state index in [9.17, 15) is 0 Å². The summed E-state index contributed by atoms with van der Waals surface area (Å²) in [4.78, 5) is 0. The van der Waals surface area contributed by atoms with Gasteiger partial charge in [0.2, 0.25) is 0 Å². The second-order valence-electron chi connectivity index (χ2n) is 6.87. The van der Waals surface area contributed by atoms with Crippen LogP contribution in [0.3, 0.4) is 0 Å². The third-order valence-electron chi connectivity index (χ3n) is 4.75. The van der Waals surface area contributed by atoms with Gasteiger partial charge in [0, 0.05) is 12.1 Å². The molecule has 108 valence electrons. The van der Waals surface area contributed by atoms with Gasteiger partial charge >= 0.3 is 0 Å². The Kier molecular flexibility index (Phi) is 7.29. The van der Waals surface area contributed by atoms with Crippen LogP contribution in [0.15, 0.2) is 0 Å². The third-order valence-corrected chi connectivity index (χ3v) is 4.75. The molecule has 3 unspecified atom stereocenters. The highest BCUT2D eigenvalue weighted by Crippen LogP contribution is 2.34. The molecule has 0 aromatic carbocycles. The van der Waals surface area contributed by atoms with Crippen molar-refractivity contribution in [2.45, 2.75) is 91.6 Å². The van der Waals surface area contributed by atoms with Gasteiger partial charge in [0.25, 0.3) is 0 Å². The van der Waals surface area contributed by atoms with Gasteiger partial charge in [0.1, 0.15) is 0 Å². The summed E-state index contributed by atoms with van der Waals surface area (Å²) in [6.07, 6.45) is 9.59. The fraction of sp³-hybridized carbons (Fsp3) is 1.00. The van der Waals surface area contributed by atoms with Crippen LogP contribution in [0.25, 0.3) is 0 Å². The van der Waals surface area contributed by atoms with Crippen LogP contribution in [0.1, 0.15) is 79.6 Å². The zero-order valence-corrected chi connectivity index (χ0v) is 13.3. The van der Waals surface area contributed by atoms with Gasteiger partial charge in [-0.05, 0) is 43.4 Å². The van der Waals surface area contributed by atoms with Crippen molar-refractivity contribution in [1.82, 2.24) is 5.32 Å². The summed E-state index contributed by atoms with van der Waals surface area (Å²) in [5, 5.41) is 4.02. The predicted octanol–water partition coefficient (Wildman–Crippen LogP) is 5.01. The SMILES string of the molecule is CCCC(CCC)NC1CC(C)CCC1C(C)C. The zero-order chi connectivity index (χ0) is 13.5. The zero-order valence-electron chi connectivity index (χ0n) is 13.3. The summed E-state index contributed by atoms with van der Waals surface area (Å²) in [6, 6.07) is 1.54. The van der Waals surface area contributed by atoms with Crippen LogP contribution in [-0.2, 0) is 0 Å². The lowest BCUT2D eigenvalue weighted by molar-refractivity contribution is 0.155. The first kappa shape index (κ1) is 16.0. The highest BCUT2D eigenvalue weighted by atomic mass is 15.0. The molecular weight excluding hydrogens is 218 g/mol. The van der Waals surface area contributed by atoms with Crippen LogP contribution in [0, 0.1) is 17.8 Å². The van der Waals surface area contributed by atoms with Crippen molar-refractivity contribution in [1.29, 1.82) is 0 Å². The van der Waals surface area contributed by atoms with Crippen LogP contribution in [0.4, 0.5) is 0 Å². The first-order valence-corrected chi connectivity index (χ1v) is 8.34. The molecule has 1 rings (SSSR count). The van der Waals surface area contributed by atoms with Crippen LogP contribution >= 0.6 is 0 Å². The van der Waals surface area contributed by atoms with Gasteiger partial charge < -0.3 is 5.32 Å². The molecule has 0 aromatic heterocycles. The van der Waals surface area contributed by atoms with Crippen LogP contribution in [-0.4, -0.2) is 12.1 Å². The number of nitrogens with one attached hydrogen (secondary N) is 1. The first-order chi connectivity index (χ1) is 8.58. The topological polar surface area (TPSA) is 12.0 Å². The normalized spacial score (nSPS) is 29.2. The summed E-state index contributed by atoms with van der Waals surface area (Å²) in [5.41, 5.74) is 0. The first-order valence-electron chi connectivity index (χ1n) is 8.34. The lowest BCUT2D eigenvalue weighted by atomic mass is 9.73. The Bertz CT molecular complexity index is 206. The summed E-state index contributed by atoms with van der Waals surface area (Å²) in [7, 11) is 0. The van der Waals surface area contributed by atoms with Crippen molar-refractivity contribution in [3.8, 4) is 0 Å². The van der Waals surface area contributed by atoms with Crippen molar-refractivity contribution in [3.63, 3.8) is 0 Å². The predicted molar refractivity (Wildman–Crippen MR) is 81.9 cm³/mol. The van der Waals surface area contributed by atoms with E-state index in [4.69, 9.17) is 0 Å². The van der Waals surface area contributed by atoms with Crippen molar-refractivity contribution in [2.75, 3.05) is 0 Å². The average Bonchev–Trinajstić information content (AvgIpc) is 2.29. The van der Waals surface area contributed by atoms with Crippen LogP contribution < -0.4 is 5.32 Å². The van der Waals surface area contributed by atoms with E-state index in [1.165, 1.54) is 44.9 Å². The lowest BCUT2D eigenvalue weighted by Gasteiger charge is -2.40. The molecule has 3 atom stereocenters. The Morgan fingerprint density at radius 3 is 2.17 bits per heavy atom. The second-order valence-corrected chi connectivity index (χ2v) is 6.87. The molecule has 1 N–H and O–H groups in total. The van der Waals surface area contributed by atoms with Gasteiger partial charge in [-0.15, -0.1) is 0 Å². The lowest BCUT2D eigenvalue weighted by Crippen LogP contribution is -2.47. The maximum Gasteiger partial charge on any atom is 0.0103 e. The molecule has 1 aliphatic rings. The quantitative estimate of drug-likeness (QED) is 0.673. The molecule has 0 bridgehead atoms. The van der Waals surface area contributed by atoms with Crippen molar-refractivity contribution < 1.29 is 0 Å². The van der Waals surface area contributed by atoms with Gasteiger partial charge in [-0.3, -0.25) is 0 Å². The van der Waals surface area contributed by atoms with Crippen molar-refractivity contribution in [3.05, 3.63) is 0 Å². The average molecular weight is 253 g/mol. The van der Waals surface area contributed by atoms with Gasteiger partial charge in [0.05, 0.1) is 0 Å². The monoisotopic (exact) mass is 253 g/mol. The van der Waals surface area contributed by atoms with Crippen LogP contribution in [0.5, 0.6) is 0 Å². The summed E-state index contributed by atoms with van der Waals surface area (Å²) < 4.78 is 0. The van der Waals surface area contributed by atoms with E-state index in [0.717, 1.165) is 29.8 Å². The fourth-order valence-electron chi connectivity index (χ4n) is 3.70. The molecule has 0 saturated heterocycles. The Morgan fingerprint density at radius 1 is 1.06 bits per heavy atom. The van der Waals surface area contributed by atoms with E-state index in [0.29, 0.717) is 0 Å². The molecule has 0 radical (unpaired) electrons. The molecule has 1 aliphatic carbocycles. The van der Waals surface area contributed by atoms with Crippen molar-refractivity contribution >= 4 is 0 Å². The molecule has 18 heavy (non-hydrogen) atoms. The maximum absolute atomic E-state index is 4.02. The van der Waals surface area contributed by atoms with Crippen molar-refractivity contribution in [2.24, 2.45) is 17.8 Å². The Labute approximate surface area is 115 Å². The Hall–Kier alpha value is -0.0400. The van der Waals surface area contributed by atoms with E-state index in [2.05, 4.69) is 39.9 Å². The molecule has 0 spiro atoms. The number of rotatable bonds is 7. The highest BCUT2D eigenvalue weighted by Gasteiger charge is 2.31. The minimum absolute atomic E-state index is 0.761. The van der Waals surface area contributed by atoms with E-state index >= 15 is 0 Å². The molecule has 1 saturated carbocycles. The fourth-order valence-corrected chi connectivity index (χ4v) is 3.70. The summed E-state index contributed by atoms with van der Waals surface area (Å²) in [6.45, 7) is 11.9. The molecule has 0 heterocycles. The highest BCUT2D eigenvalue weighted by molar-refractivity contribution is 4.87. The number of hydrogen-bond acceptors (Lipinski definition) is 1. The summed E-state index contributed by atoms with van der Waals surface area (Å²) >= 11 is 0. The van der Waals surface area contributed by atoms with Crippen LogP contribution in [0.2, 0.25) is 0 Å². The van der Waals surface area contributed by atoms with Gasteiger partial charge in [-0.1, -0.05) is 53.9 Å². The minimum Gasteiger partial charge on any atom is -0.311 e. The molecular formula is C17H35N. The van der Waals surface area contributed by atoms with E-state index in [1.54, 1.807) is 0 Å². The maximum atomic E-state index is 4.02. The number of hydrogen-bond donors (Lipinski definition) is 1. The third kappa shape index (κ3) is 4.91. The molecule has 0 aromatic rings. The largest absolute Gasteiger partial charge is 0.311 e. The second kappa shape index (κ2) is 8.19. The van der Waals surface area contributed by atoms with E-state index < -0.39 is 0 Å². The Balaban J connectivity index is 2.57. The molecule has 1 fully saturated rings. The van der Waals surface area contributed by atoms with Gasteiger partial charge in [-0.2, -0.15) is 0 Å². The standard InChI is InChI=1S/C17H35N/c1-6-8-15(9-7-2)18-17-12-14(5)10-11-16(17)13(3)4/h13-18H,6-12H2,1-5H3. The minimum atomic E-state index is 0.761. The molecule has 1 heteroatoms. The summed E-state index contributed by atoms with van der Waals surface area (Å²) in [5.74, 6) is 2.65. The van der Waals surface area contributed by atoms with Gasteiger partial charge in [0.15, 0.2) is 0 Å². The Morgan fingerprint density at radius 2 is 1.67 bits per heavy atom. The molecule has 0 aliphatic heterocycles. The smallest absolute Gasteiger partial charge is 0.0103 e. The molecule has 0 amide bonds.